The maximum absolute atomic E-state index is 10.7. The lowest BCUT2D eigenvalue weighted by molar-refractivity contribution is 0.294. The van der Waals surface area contributed by atoms with Crippen LogP contribution in [0.1, 0.15) is 11.1 Å². The van der Waals surface area contributed by atoms with Crippen LogP contribution in [0.5, 0.6) is 5.75 Å². The molecule has 0 heterocycles. The van der Waals surface area contributed by atoms with Gasteiger partial charge >= 0.3 is 0 Å². The van der Waals surface area contributed by atoms with Gasteiger partial charge in [0.05, 0.1) is 5.69 Å². The highest BCUT2D eigenvalue weighted by atomic mass is 16.8. The van der Waals surface area contributed by atoms with Crippen LogP contribution < -0.4 is 9.96 Å². The summed E-state index contributed by atoms with van der Waals surface area (Å²) in [5, 5.41) is 19.3. The van der Waals surface area contributed by atoms with E-state index in [1.54, 1.807) is 12.1 Å². The fourth-order valence-corrected chi connectivity index (χ4v) is 1.65. The number of benzene rings is 2. The Labute approximate surface area is 106 Å². The van der Waals surface area contributed by atoms with Gasteiger partial charge in [0.2, 0.25) is 0 Å². The molecule has 0 aromatic heterocycles. The molecule has 4 nitrogen and oxygen atoms in total. The van der Waals surface area contributed by atoms with E-state index in [2.05, 4.69) is 0 Å². The number of nitrogens with zero attached hydrogens (tertiary/aromatic N) is 1. The van der Waals surface area contributed by atoms with Crippen molar-refractivity contribution in [1.29, 1.82) is 0 Å². The van der Waals surface area contributed by atoms with Crippen LogP contribution in [0.4, 0.5) is 5.69 Å². The Morgan fingerprint density at radius 3 is 2.50 bits per heavy atom. The lowest BCUT2D eigenvalue weighted by Gasteiger charge is -2.22. The van der Waals surface area contributed by atoms with E-state index in [1.165, 1.54) is 6.07 Å². The van der Waals surface area contributed by atoms with Crippen LogP contribution in [0.2, 0.25) is 0 Å². The molecule has 0 aliphatic heterocycles. The molecule has 94 valence electrons. The number of anilines is 1. The minimum Gasteiger partial charge on any atom is -0.733 e. The van der Waals surface area contributed by atoms with E-state index in [1.807, 2.05) is 37.3 Å². The maximum Gasteiger partial charge on any atom is 0.122 e. The third kappa shape index (κ3) is 3.00. The van der Waals surface area contributed by atoms with Crippen molar-refractivity contribution in [3.05, 3.63) is 64.9 Å². The van der Waals surface area contributed by atoms with Crippen molar-refractivity contribution >= 4 is 5.69 Å². The molecule has 1 N–H and O–H groups in total. The van der Waals surface area contributed by atoms with Crippen LogP contribution in [0.25, 0.3) is 0 Å². The minimum atomic E-state index is -0.159. The molecule has 0 bridgehead atoms. The number of ether oxygens (including phenoxy) is 1. The molecular formula is C14H14NO3-. The van der Waals surface area contributed by atoms with E-state index < -0.39 is 0 Å². The van der Waals surface area contributed by atoms with Crippen LogP contribution in [0, 0.1) is 12.1 Å². The van der Waals surface area contributed by atoms with Gasteiger partial charge in [-0.1, -0.05) is 30.3 Å². The first kappa shape index (κ1) is 12.4. The predicted octanol–water partition coefficient (Wildman–Crippen LogP) is 3.27. The summed E-state index contributed by atoms with van der Waals surface area (Å²) in [7, 11) is 0. The van der Waals surface area contributed by atoms with Gasteiger partial charge in [0, 0.05) is 0 Å². The average Bonchev–Trinajstić information content (AvgIpc) is 2.38. The SMILES string of the molecule is Cc1cc(N([O-])O)ccc1OCc1ccccc1. The molecule has 2 rings (SSSR count). The van der Waals surface area contributed by atoms with E-state index in [9.17, 15) is 5.21 Å². The number of hydrogen-bond donors (Lipinski definition) is 1. The topological polar surface area (TPSA) is 55.8 Å². The third-order valence-corrected chi connectivity index (χ3v) is 2.62. The molecule has 0 atom stereocenters. The van der Waals surface area contributed by atoms with E-state index in [-0.39, 0.29) is 10.9 Å². The van der Waals surface area contributed by atoms with Crippen LogP contribution >= 0.6 is 0 Å². The van der Waals surface area contributed by atoms with E-state index in [4.69, 9.17) is 9.94 Å². The van der Waals surface area contributed by atoms with Gasteiger partial charge in [-0.05, 0) is 36.2 Å². The third-order valence-electron chi connectivity index (χ3n) is 2.62. The summed E-state index contributed by atoms with van der Waals surface area (Å²) in [6.45, 7) is 2.30. The van der Waals surface area contributed by atoms with Crippen molar-refractivity contribution in [2.45, 2.75) is 13.5 Å². The summed E-state index contributed by atoms with van der Waals surface area (Å²) in [6, 6.07) is 14.6. The molecule has 0 amide bonds. The molecule has 0 saturated heterocycles. The first-order valence-electron chi connectivity index (χ1n) is 5.60. The summed E-state index contributed by atoms with van der Waals surface area (Å²) in [5.41, 5.74) is 2.08. The first-order valence-corrected chi connectivity index (χ1v) is 5.60. The van der Waals surface area contributed by atoms with Crippen LogP contribution in [-0.4, -0.2) is 5.21 Å². The van der Waals surface area contributed by atoms with Crippen molar-refractivity contribution in [3.8, 4) is 5.75 Å². The molecule has 18 heavy (non-hydrogen) atoms. The molecule has 2 aromatic rings. The van der Waals surface area contributed by atoms with E-state index in [0.717, 1.165) is 11.1 Å². The van der Waals surface area contributed by atoms with Gasteiger partial charge in [-0.3, -0.25) is 5.21 Å². The predicted molar refractivity (Wildman–Crippen MR) is 69.6 cm³/mol. The summed E-state index contributed by atoms with van der Waals surface area (Å²) < 4.78 is 5.66. The van der Waals surface area contributed by atoms with Crippen molar-refractivity contribution in [2.24, 2.45) is 0 Å². The summed E-state index contributed by atoms with van der Waals surface area (Å²) in [5.74, 6) is 0.699. The van der Waals surface area contributed by atoms with Gasteiger partial charge in [0.25, 0.3) is 0 Å². The molecule has 0 aliphatic carbocycles. The van der Waals surface area contributed by atoms with Crippen molar-refractivity contribution in [1.82, 2.24) is 0 Å². The van der Waals surface area contributed by atoms with Gasteiger partial charge in [-0.2, -0.15) is 0 Å². The highest BCUT2D eigenvalue weighted by Crippen LogP contribution is 2.24. The zero-order valence-corrected chi connectivity index (χ0v) is 10.0. The lowest BCUT2D eigenvalue weighted by atomic mass is 10.2. The van der Waals surface area contributed by atoms with Gasteiger partial charge in [0.1, 0.15) is 12.4 Å². The number of aryl methyl sites for hydroxylation is 1. The van der Waals surface area contributed by atoms with Crippen molar-refractivity contribution in [3.63, 3.8) is 0 Å². The highest BCUT2D eigenvalue weighted by Gasteiger charge is 2.02. The second-order valence-corrected chi connectivity index (χ2v) is 4.00. The Balaban J connectivity index is 2.06. The Hall–Kier alpha value is -2.04. The largest absolute Gasteiger partial charge is 0.733 e. The molecule has 0 saturated carbocycles. The normalized spacial score (nSPS) is 10.2. The van der Waals surface area contributed by atoms with Gasteiger partial charge < -0.3 is 15.2 Å². The summed E-state index contributed by atoms with van der Waals surface area (Å²) in [4.78, 5) is 0. The zero-order chi connectivity index (χ0) is 13.0. The Morgan fingerprint density at radius 2 is 1.89 bits per heavy atom. The number of hydrogen-bond acceptors (Lipinski definition) is 4. The molecule has 0 radical (unpaired) electrons. The van der Waals surface area contributed by atoms with Gasteiger partial charge in [-0.25, -0.2) is 0 Å². The van der Waals surface area contributed by atoms with Gasteiger partial charge in [-0.15, -0.1) is 0 Å². The van der Waals surface area contributed by atoms with Crippen molar-refractivity contribution < 1.29 is 9.94 Å². The molecule has 0 unspecified atom stereocenters. The fraction of sp³-hybridized carbons (Fsp3) is 0.143. The lowest BCUT2D eigenvalue weighted by Crippen LogP contribution is -2.07. The Morgan fingerprint density at radius 1 is 1.17 bits per heavy atom. The van der Waals surface area contributed by atoms with Gasteiger partial charge in [0.15, 0.2) is 0 Å². The second kappa shape index (κ2) is 5.53. The Kier molecular flexibility index (Phi) is 3.82. The van der Waals surface area contributed by atoms with E-state index in [0.29, 0.717) is 12.4 Å². The van der Waals surface area contributed by atoms with E-state index >= 15 is 0 Å². The minimum absolute atomic E-state index is 0.159. The molecule has 4 heteroatoms. The summed E-state index contributed by atoms with van der Waals surface area (Å²) >= 11 is 0. The zero-order valence-electron chi connectivity index (χ0n) is 10.0. The Bertz CT molecular complexity index is 512. The standard InChI is InChI=1S/C14H14NO3/c1-11-9-13(15(16)17)7-8-14(11)18-10-12-5-3-2-4-6-12/h2-9,16H,10H2,1H3/q-1. The molecule has 0 aliphatic rings. The quantitative estimate of drug-likeness (QED) is 0.838. The second-order valence-electron chi connectivity index (χ2n) is 4.00. The highest BCUT2D eigenvalue weighted by molar-refractivity contribution is 5.51. The maximum atomic E-state index is 10.7. The first-order chi connectivity index (χ1) is 8.66. The smallest absolute Gasteiger partial charge is 0.122 e. The van der Waals surface area contributed by atoms with Crippen LogP contribution in [0.15, 0.2) is 48.5 Å². The summed E-state index contributed by atoms with van der Waals surface area (Å²) in [6.07, 6.45) is 0. The monoisotopic (exact) mass is 244 g/mol. The van der Waals surface area contributed by atoms with Crippen LogP contribution in [0.3, 0.4) is 0 Å². The molecule has 2 aromatic carbocycles. The number of rotatable bonds is 4. The molecular weight excluding hydrogens is 230 g/mol. The fourth-order valence-electron chi connectivity index (χ4n) is 1.65. The van der Waals surface area contributed by atoms with Crippen LogP contribution in [-0.2, 0) is 6.61 Å². The molecule has 0 fully saturated rings. The van der Waals surface area contributed by atoms with Crippen molar-refractivity contribution in [2.75, 3.05) is 5.23 Å². The average molecular weight is 244 g/mol. The molecule has 0 spiro atoms.